The molecule has 0 spiro atoms. The predicted octanol–water partition coefficient (Wildman–Crippen LogP) is 9.84. The minimum Gasteiger partial charge on any atom is -0.507 e. The van der Waals surface area contributed by atoms with Crippen molar-refractivity contribution in [3.63, 3.8) is 0 Å². The van der Waals surface area contributed by atoms with Crippen LogP contribution >= 0.6 is 22.7 Å². The minimum absolute atomic E-state index is 0. The molecule has 0 aliphatic carbocycles. The van der Waals surface area contributed by atoms with Crippen LogP contribution in [-0.2, 0) is 19.5 Å². The standard InChI is InChI=1S/2C19H13NOS.H2O.Zn/c2*21-17-9-5-4-8-15(17)19-20-16-11-10-14(12-18(16)22-19)13-6-2-1-3-7-13;;/h2*1-12,21H;1H2;. The van der Waals surface area contributed by atoms with Gasteiger partial charge in [0.25, 0.3) is 0 Å². The van der Waals surface area contributed by atoms with Gasteiger partial charge in [0.2, 0.25) is 0 Å². The normalized spacial score (nSPS) is 10.4. The number of hydrogen-bond acceptors (Lipinski definition) is 6. The van der Waals surface area contributed by atoms with Crippen LogP contribution in [0.2, 0.25) is 0 Å². The second-order valence-electron chi connectivity index (χ2n) is 10.2. The second kappa shape index (κ2) is 14.6. The van der Waals surface area contributed by atoms with E-state index < -0.39 is 0 Å². The van der Waals surface area contributed by atoms with Gasteiger partial charge in [-0.3, -0.25) is 0 Å². The van der Waals surface area contributed by atoms with Gasteiger partial charge in [-0.05, 0) is 70.8 Å². The van der Waals surface area contributed by atoms with E-state index in [0.29, 0.717) is 0 Å². The van der Waals surface area contributed by atoms with Crippen molar-refractivity contribution >= 4 is 43.1 Å². The van der Waals surface area contributed by atoms with Crippen LogP contribution in [0.4, 0.5) is 0 Å². The molecule has 2 heterocycles. The Morgan fingerprint density at radius 1 is 0.413 bits per heavy atom. The van der Waals surface area contributed by atoms with Gasteiger partial charge in [-0.25, -0.2) is 9.97 Å². The van der Waals surface area contributed by atoms with E-state index in [9.17, 15) is 10.2 Å². The van der Waals surface area contributed by atoms with Crippen molar-refractivity contribution < 1.29 is 35.2 Å². The molecule has 0 unspecified atom stereocenters. The largest absolute Gasteiger partial charge is 0.507 e. The van der Waals surface area contributed by atoms with Crippen LogP contribution < -0.4 is 0 Å². The van der Waals surface area contributed by atoms with Crippen molar-refractivity contribution in [2.45, 2.75) is 0 Å². The van der Waals surface area contributed by atoms with E-state index in [-0.39, 0.29) is 36.5 Å². The first kappa shape index (κ1) is 32.7. The predicted molar refractivity (Wildman–Crippen MR) is 188 cm³/mol. The summed E-state index contributed by atoms with van der Waals surface area (Å²) in [5, 5.41) is 21.7. The minimum atomic E-state index is 0. The smallest absolute Gasteiger partial charge is 0.128 e. The maximum absolute atomic E-state index is 9.99. The van der Waals surface area contributed by atoms with Crippen molar-refractivity contribution in [1.29, 1.82) is 0 Å². The molecular formula is C38H28N2O3S2Zn. The van der Waals surface area contributed by atoms with Crippen molar-refractivity contribution in [2.24, 2.45) is 0 Å². The van der Waals surface area contributed by atoms with Crippen LogP contribution in [0, 0.1) is 0 Å². The van der Waals surface area contributed by atoms with E-state index in [1.54, 1.807) is 34.8 Å². The maximum Gasteiger partial charge on any atom is 0.128 e. The van der Waals surface area contributed by atoms with E-state index in [4.69, 9.17) is 0 Å². The van der Waals surface area contributed by atoms with Gasteiger partial charge < -0.3 is 15.7 Å². The quantitative estimate of drug-likeness (QED) is 0.180. The van der Waals surface area contributed by atoms with E-state index in [2.05, 4.69) is 58.5 Å². The van der Waals surface area contributed by atoms with Crippen molar-refractivity contribution in [3.05, 3.63) is 146 Å². The van der Waals surface area contributed by atoms with Gasteiger partial charge in [-0.2, -0.15) is 0 Å². The van der Waals surface area contributed by atoms with E-state index in [1.807, 2.05) is 84.9 Å². The van der Waals surface area contributed by atoms with Gasteiger partial charge in [0.1, 0.15) is 21.5 Å². The molecular weight excluding hydrogens is 662 g/mol. The Kier molecular flexibility index (Phi) is 10.4. The molecule has 5 nitrogen and oxygen atoms in total. The molecule has 46 heavy (non-hydrogen) atoms. The zero-order valence-corrected chi connectivity index (χ0v) is 29.3. The van der Waals surface area contributed by atoms with Crippen molar-refractivity contribution in [1.82, 2.24) is 9.97 Å². The Morgan fingerprint density at radius 3 is 1.17 bits per heavy atom. The Labute approximate surface area is 287 Å². The fraction of sp³-hybridized carbons (Fsp3) is 0. The molecule has 0 saturated carbocycles. The summed E-state index contributed by atoms with van der Waals surface area (Å²) >= 11 is 3.20. The summed E-state index contributed by atoms with van der Waals surface area (Å²) in [6.07, 6.45) is 0. The molecule has 0 bridgehead atoms. The first-order chi connectivity index (χ1) is 21.6. The average Bonchev–Trinajstić information content (AvgIpc) is 3.70. The fourth-order valence-corrected chi connectivity index (χ4v) is 7.09. The van der Waals surface area contributed by atoms with Gasteiger partial charge in [-0.1, -0.05) is 97.1 Å². The monoisotopic (exact) mass is 688 g/mol. The summed E-state index contributed by atoms with van der Waals surface area (Å²) in [5.41, 5.74) is 8.24. The average molecular weight is 690 g/mol. The SMILES string of the molecule is O.Oc1ccccc1-c1nc2ccc(-c3ccccc3)cc2s1.Oc1ccccc1-c1nc2ccc(-c3ccccc3)cc2s1.[Zn]. The van der Waals surface area contributed by atoms with Crippen LogP contribution in [0.15, 0.2) is 146 Å². The number of thiazole rings is 2. The molecule has 4 N–H and O–H groups in total. The molecule has 8 rings (SSSR count). The number of aromatic nitrogens is 2. The maximum atomic E-state index is 9.99. The first-order valence-electron chi connectivity index (χ1n) is 14.1. The number of para-hydroxylation sites is 2. The van der Waals surface area contributed by atoms with Gasteiger partial charge >= 0.3 is 0 Å². The molecule has 8 heteroatoms. The number of nitrogens with zero attached hydrogens (tertiary/aromatic N) is 2. The molecule has 6 aromatic carbocycles. The van der Waals surface area contributed by atoms with Gasteiger partial charge in [0.15, 0.2) is 0 Å². The summed E-state index contributed by atoms with van der Waals surface area (Å²) in [6.45, 7) is 0. The topological polar surface area (TPSA) is 97.7 Å². The van der Waals surface area contributed by atoms with Crippen molar-refractivity contribution in [2.75, 3.05) is 0 Å². The third kappa shape index (κ3) is 6.91. The van der Waals surface area contributed by atoms with E-state index in [0.717, 1.165) is 41.6 Å². The Hall–Kier alpha value is -4.72. The van der Waals surface area contributed by atoms with Gasteiger partial charge in [-0.15, -0.1) is 22.7 Å². The van der Waals surface area contributed by atoms with Crippen LogP contribution in [-0.4, -0.2) is 25.7 Å². The third-order valence-electron chi connectivity index (χ3n) is 7.26. The zero-order chi connectivity index (χ0) is 29.9. The Morgan fingerprint density at radius 2 is 0.783 bits per heavy atom. The van der Waals surface area contributed by atoms with Crippen LogP contribution in [0.3, 0.4) is 0 Å². The molecule has 0 atom stereocenters. The fourth-order valence-electron chi connectivity index (χ4n) is 5.01. The third-order valence-corrected chi connectivity index (χ3v) is 9.36. The number of hydrogen-bond donors (Lipinski definition) is 2. The number of aromatic hydroxyl groups is 2. The zero-order valence-electron chi connectivity index (χ0n) is 24.7. The Bertz CT molecular complexity index is 2060. The molecule has 0 aliphatic heterocycles. The number of phenols is 2. The molecule has 0 radical (unpaired) electrons. The molecule has 0 saturated heterocycles. The summed E-state index contributed by atoms with van der Waals surface area (Å²) in [5.74, 6) is 0.537. The number of fused-ring (bicyclic) bond motifs is 2. The van der Waals surface area contributed by atoms with Gasteiger partial charge in [0, 0.05) is 19.5 Å². The molecule has 0 aliphatic rings. The van der Waals surface area contributed by atoms with Crippen molar-refractivity contribution in [3.8, 4) is 54.9 Å². The van der Waals surface area contributed by atoms with E-state index >= 15 is 0 Å². The number of benzene rings is 6. The molecule has 2 aromatic heterocycles. The van der Waals surface area contributed by atoms with E-state index in [1.165, 1.54) is 22.3 Å². The summed E-state index contributed by atoms with van der Waals surface area (Å²) in [6, 6.07) is 47.8. The number of rotatable bonds is 4. The van der Waals surface area contributed by atoms with Gasteiger partial charge in [0.05, 0.1) is 31.6 Å². The summed E-state index contributed by atoms with van der Waals surface area (Å²) in [4.78, 5) is 9.27. The number of phenolic OH excluding ortho intramolecular Hbond substituents is 2. The molecule has 0 amide bonds. The molecule has 0 fully saturated rings. The summed E-state index contributed by atoms with van der Waals surface area (Å²) in [7, 11) is 0. The first-order valence-corrected chi connectivity index (χ1v) is 15.7. The molecule has 8 aromatic rings. The second-order valence-corrected chi connectivity index (χ2v) is 12.2. The Balaban J connectivity index is 0.000000174. The van der Waals surface area contributed by atoms with Crippen LogP contribution in [0.1, 0.15) is 0 Å². The van der Waals surface area contributed by atoms with Crippen LogP contribution in [0.5, 0.6) is 11.5 Å². The summed E-state index contributed by atoms with van der Waals surface area (Å²) < 4.78 is 2.25. The van der Waals surface area contributed by atoms with Crippen LogP contribution in [0.25, 0.3) is 63.8 Å². The molecule has 222 valence electrons.